The Bertz CT molecular complexity index is 1380. The molecule has 0 spiro atoms. The first-order chi connectivity index (χ1) is 16.8. The fraction of sp³-hybridized carbons (Fsp3) is 0.304. The summed E-state index contributed by atoms with van der Waals surface area (Å²) in [6.45, 7) is -0.175. The largest absolute Gasteiger partial charge is 0.354 e. The third-order valence-corrected chi connectivity index (χ3v) is 5.54. The zero-order chi connectivity index (χ0) is 24.6. The van der Waals surface area contributed by atoms with Crippen molar-refractivity contribution in [1.29, 1.82) is 0 Å². The number of piperazine rings is 1. The average Bonchev–Trinajstić information content (AvgIpc) is 3.29. The Hall–Kier alpha value is -3.72. The molecule has 0 bridgehead atoms. The molecule has 9 nitrogen and oxygen atoms in total. The molecule has 162 valence electrons. The van der Waals surface area contributed by atoms with Crippen LogP contribution in [0.2, 0.25) is 0 Å². The minimum absolute atomic E-state index is 0.0698. The van der Waals surface area contributed by atoms with Crippen molar-refractivity contribution < 1.29 is 8.91 Å². The number of ketones is 1. The number of hydrogen-bond acceptors (Lipinski definition) is 8. The lowest BCUT2D eigenvalue weighted by Crippen LogP contribution is -2.44. The number of aromatic nitrogens is 6. The van der Waals surface area contributed by atoms with Crippen molar-refractivity contribution in [1.82, 2.24) is 34.8 Å². The monoisotopic (exact) mass is 431 g/mol. The van der Waals surface area contributed by atoms with E-state index >= 15 is 0 Å². The lowest BCUT2D eigenvalue weighted by molar-refractivity contribution is 0.0992. The molecule has 0 aliphatic carbocycles. The molecule has 0 atom stereocenters. The second-order valence-corrected chi connectivity index (χ2v) is 7.85. The number of pyridine rings is 3. The van der Waals surface area contributed by atoms with Crippen LogP contribution in [-0.4, -0.2) is 73.8 Å². The van der Waals surface area contributed by atoms with E-state index in [4.69, 9.17) is 4.11 Å². The SMILES string of the molecule is [2H]C([2H])([2H])N1CCN(c2cc(C(=O)Cc3cc4cc(-c5cn(C)nn5)cnc4cn3)ccn2)CC1. The molecular formula is C23H24N8O. The molecule has 0 amide bonds. The third kappa shape index (κ3) is 4.19. The Kier molecular flexibility index (Phi) is 4.45. The zero-order valence-corrected chi connectivity index (χ0v) is 17.6. The van der Waals surface area contributed by atoms with Crippen molar-refractivity contribution in [3.63, 3.8) is 0 Å². The number of rotatable bonds is 5. The summed E-state index contributed by atoms with van der Waals surface area (Å²) >= 11 is 0. The average molecular weight is 432 g/mol. The van der Waals surface area contributed by atoms with E-state index in [2.05, 4.69) is 25.3 Å². The molecule has 4 aromatic rings. The highest BCUT2D eigenvalue weighted by Crippen LogP contribution is 2.22. The summed E-state index contributed by atoms with van der Waals surface area (Å²) in [6, 6.07) is 7.29. The maximum absolute atomic E-state index is 13.1. The maximum atomic E-state index is 13.1. The molecule has 0 N–H and O–H groups in total. The number of carbonyl (C=O) groups is 1. The van der Waals surface area contributed by atoms with E-state index in [0.29, 0.717) is 43.3 Å². The smallest absolute Gasteiger partial charge is 0.169 e. The summed E-state index contributed by atoms with van der Waals surface area (Å²) in [7, 11) is 1.81. The lowest BCUT2D eigenvalue weighted by Gasteiger charge is -2.33. The fourth-order valence-corrected chi connectivity index (χ4v) is 3.76. The number of fused-ring (bicyclic) bond motifs is 1. The Morgan fingerprint density at radius 2 is 1.97 bits per heavy atom. The van der Waals surface area contributed by atoms with Gasteiger partial charge < -0.3 is 9.80 Å². The normalized spacial score (nSPS) is 16.5. The molecule has 0 saturated carbocycles. The first kappa shape index (κ1) is 16.9. The minimum Gasteiger partial charge on any atom is -0.354 e. The molecule has 5 rings (SSSR count). The summed E-state index contributed by atoms with van der Waals surface area (Å²) in [6.07, 6.45) is 6.97. The van der Waals surface area contributed by atoms with Gasteiger partial charge in [-0.25, -0.2) is 4.98 Å². The van der Waals surface area contributed by atoms with Crippen LogP contribution in [0.4, 0.5) is 5.82 Å². The van der Waals surface area contributed by atoms with Gasteiger partial charge in [-0.2, -0.15) is 0 Å². The number of aryl methyl sites for hydroxylation is 1. The molecule has 1 aliphatic heterocycles. The van der Waals surface area contributed by atoms with Crippen LogP contribution >= 0.6 is 0 Å². The van der Waals surface area contributed by atoms with Gasteiger partial charge in [0.2, 0.25) is 0 Å². The van der Waals surface area contributed by atoms with Crippen LogP contribution in [-0.2, 0) is 13.5 Å². The highest BCUT2D eigenvalue weighted by molar-refractivity contribution is 5.98. The van der Waals surface area contributed by atoms with Crippen LogP contribution in [0.5, 0.6) is 0 Å². The number of hydrogen-bond donors (Lipinski definition) is 0. The summed E-state index contributed by atoms with van der Waals surface area (Å²) in [5.41, 5.74) is 3.48. The predicted molar refractivity (Wildman–Crippen MR) is 122 cm³/mol. The van der Waals surface area contributed by atoms with Crippen LogP contribution in [0, 0.1) is 0 Å². The van der Waals surface area contributed by atoms with Crippen molar-refractivity contribution in [2.45, 2.75) is 6.42 Å². The number of carbonyl (C=O) groups excluding carboxylic acids is 1. The van der Waals surface area contributed by atoms with Crippen molar-refractivity contribution in [3.8, 4) is 11.3 Å². The van der Waals surface area contributed by atoms with Crippen LogP contribution in [0.25, 0.3) is 22.2 Å². The summed E-state index contributed by atoms with van der Waals surface area (Å²) in [5, 5.41) is 8.96. The lowest BCUT2D eigenvalue weighted by atomic mass is 10.1. The van der Waals surface area contributed by atoms with E-state index in [0.717, 1.165) is 22.2 Å². The maximum Gasteiger partial charge on any atom is 0.169 e. The van der Waals surface area contributed by atoms with Crippen molar-refractivity contribution in [3.05, 3.63) is 60.3 Å². The van der Waals surface area contributed by atoms with Gasteiger partial charge in [0.05, 0.1) is 24.3 Å². The number of likely N-dealkylation sites (N-methyl/N-ethyl adjacent to an activating group) is 1. The first-order valence-corrected chi connectivity index (χ1v) is 10.4. The third-order valence-electron chi connectivity index (χ3n) is 5.54. The Morgan fingerprint density at radius 3 is 2.75 bits per heavy atom. The van der Waals surface area contributed by atoms with Gasteiger partial charge >= 0.3 is 0 Å². The van der Waals surface area contributed by atoms with E-state index in [1.165, 1.54) is 4.90 Å². The number of Topliss-reactive ketones (excluding diaryl/α,β-unsaturated/α-hetero) is 1. The number of nitrogens with zero attached hydrogens (tertiary/aromatic N) is 8. The van der Waals surface area contributed by atoms with Gasteiger partial charge in [0.1, 0.15) is 11.5 Å². The molecule has 4 aromatic heterocycles. The van der Waals surface area contributed by atoms with Gasteiger partial charge in [0.15, 0.2) is 5.78 Å². The minimum atomic E-state index is -2.09. The molecule has 1 fully saturated rings. The summed E-state index contributed by atoms with van der Waals surface area (Å²) < 4.78 is 24.3. The molecule has 1 saturated heterocycles. The molecule has 32 heavy (non-hydrogen) atoms. The first-order valence-electron chi connectivity index (χ1n) is 11.9. The van der Waals surface area contributed by atoms with E-state index < -0.39 is 6.98 Å². The van der Waals surface area contributed by atoms with E-state index in [1.807, 2.05) is 23.2 Å². The highest BCUT2D eigenvalue weighted by atomic mass is 16.1. The van der Waals surface area contributed by atoms with E-state index in [-0.39, 0.29) is 12.2 Å². The second kappa shape index (κ2) is 8.43. The van der Waals surface area contributed by atoms with Gasteiger partial charge in [0.25, 0.3) is 0 Å². The van der Waals surface area contributed by atoms with Crippen molar-refractivity contribution >= 4 is 22.5 Å². The quantitative estimate of drug-likeness (QED) is 0.443. The van der Waals surface area contributed by atoms with Gasteiger partial charge in [-0.1, -0.05) is 5.21 Å². The molecule has 1 aliphatic rings. The Balaban J connectivity index is 1.31. The van der Waals surface area contributed by atoms with Crippen molar-refractivity contribution in [2.24, 2.45) is 7.05 Å². The van der Waals surface area contributed by atoms with Crippen LogP contribution in [0.1, 0.15) is 20.2 Å². The van der Waals surface area contributed by atoms with Gasteiger partial charge in [-0.15, -0.1) is 5.10 Å². The molecule has 9 heteroatoms. The standard InChI is InChI=1S/C23H24N8O/c1-29-5-7-31(8-6-29)23-11-16(3-4-24-23)22(32)12-19-10-17-9-18(13-26-20(17)14-25-19)21-15-30(2)28-27-21/h3-4,9-11,13-15H,5-8,12H2,1-2H3/i1D3. The summed E-state index contributed by atoms with van der Waals surface area (Å²) in [4.78, 5) is 29.8. The molecule has 0 aromatic carbocycles. The van der Waals surface area contributed by atoms with Crippen LogP contribution < -0.4 is 4.90 Å². The predicted octanol–water partition coefficient (Wildman–Crippen LogP) is 2.00. The van der Waals surface area contributed by atoms with Crippen molar-refractivity contribution in [2.75, 3.05) is 38.1 Å². The molecule has 0 unspecified atom stereocenters. The number of anilines is 1. The van der Waals surface area contributed by atoms with Crippen LogP contribution in [0.3, 0.4) is 0 Å². The topological polar surface area (TPSA) is 92.9 Å². The summed E-state index contributed by atoms with van der Waals surface area (Å²) in [5.74, 6) is 0.602. The highest BCUT2D eigenvalue weighted by Gasteiger charge is 2.17. The van der Waals surface area contributed by atoms with Gasteiger partial charge in [-0.05, 0) is 31.2 Å². The molecule has 0 radical (unpaired) electrons. The molecule has 5 heterocycles. The fourth-order valence-electron chi connectivity index (χ4n) is 3.76. The van der Waals surface area contributed by atoms with Gasteiger partial charge in [0, 0.05) is 71.9 Å². The zero-order valence-electron chi connectivity index (χ0n) is 20.6. The molecular weight excluding hydrogens is 404 g/mol. The Morgan fingerprint density at radius 1 is 1.09 bits per heavy atom. The Labute approximate surface area is 189 Å². The van der Waals surface area contributed by atoms with Gasteiger partial charge in [-0.3, -0.25) is 19.4 Å². The van der Waals surface area contributed by atoms with E-state index in [9.17, 15) is 4.79 Å². The second-order valence-electron chi connectivity index (χ2n) is 7.85. The van der Waals surface area contributed by atoms with E-state index in [1.54, 1.807) is 42.5 Å². The van der Waals surface area contributed by atoms with Crippen LogP contribution in [0.15, 0.2) is 49.1 Å².